The van der Waals surface area contributed by atoms with Crippen molar-refractivity contribution in [3.63, 3.8) is 0 Å². The monoisotopic (exact) mass is 286 g/mol. The second-order valence-corrected chi connectivity index (χ2v) is 5.54. The average Bonchev–Trinajstić information content (AvgIpc) is 3.02. The van der Waals surface area contributed by atoms with Gasteiger partial charge < -0.3 is 10.6 Å². The van der Waals surface area contributed by atoms with Crippen molar-refractivity contribution < 1.29 is 4.79 Å². The average molecular weight is 286 g/mol. The molecule has 21 heavy (non-hydrogen) atoms. The van der Waals surface area contributed by atoms with Crippen molar-refractivity contribution in [3.05, 3.63) is 30.6 Å². The number of aromatic nitrogens is 4. The molecule has 1 aromatic carbocycles. The molecule has 0 bridgehead atoms. The summed E-state index contributed by atoms with van der Waals surface area (Å²) in [6.07, 6.45) is 3.19. The van der Waals surface area contributed by atoms with Crippen molar-refractivity contribution in [1.29, 1.82) is 0 Å². The van der Waals surface area contributed by atoms with E-state index in [0.29, 0.717) is 0 Å². The predicted molar refractivity (Wildman–Crippen MR) is 78.0 cm³/mol. The van der Waals surface area contributed by atoms with Crippen LogP contribution < -0.4 is 10.6 Å². The lowest BCUT2D eigenvalue weighted by atomic mass is 9.80. The van der Waals surface area contributed by atoms with Gasteiger partial charge in [-0.3, -0.25) is 4.79 Å². The van der Waals surface area contributed by atoms with Crippen LogP contribution in [0.4, 0.5) is 5.69 Å². The van der Waals surface area contributed by atoms with Gasteiger partial charge in [-0.05, 0) is 48.5 Å². The van der Waals surface area contributed by atoms with E-state index in [1.807, 2.05) is 31.2 Å². The van der Waals surface area contributed by atoms with Gasteiger partial charge >= 0.3 is 0 Å². The van der Waals surface area contributed by atoms with Gasteiger partial charge in [-0.25, -0.2) is 0 Å². The largest absolute Gasteiger partial charge is 0.324 e. The van der Waals surface area contributed by atoms with Gasteiger partial charge in [-0.1, -0.05) is 19.1 Å². The number of amides is 1. The number of piperidine rings is 1. The maximum Gasteiger partial charge on any atom is 0.230 e. The Bertz CT molecular complexity index is 618. The number of para-hydroxylation sites is 2. The highest BCUT2D eigenvalue weighted by Gasteiger charge is 2.34. The highest BCUT2D eigenvalue weighted by atomic mass is 16.2. The van der Waals surface area contributed by atoms with Crippen molar-refractivity contribution in [2.75, 3.05) is 18.4 Å². The van der Waals surface area contributed by atoms with Crippen molar-refractivity contribution in [2.45, 2.75) is 19.8 Å². The number of anilines is 1. The number of nitrogens with one attached hydrogen (secondary N) is 2. The van der Waals surface area contributed by atoms with Gasteiger partial charge in [0.05, 0.1) is 11.4 Å². The van der Waals surface area contributed by atoms with Gasteiger partial charge in [0.2, 0.25) is 5.91 Å². The van der Waals surface area contributed by atoms with E-state index in [4.69, 9.17) is 0 Å². The fraction of sp³-hybridized carbons (Fsp3) is 0.429. The predicted octanol–water partition coefficient (Wildman–Crippen LogP) is 0.990. The normalized spacial score (nSPS) is 17.4. The van der Waals surface area contributed by atoms with Crippen molar-refractivity contribution in [2.24, 2.45) is 5.41 Å². The standard InChI is InChI=1S/C14H18N6O/c1-14(6-8-15-9-7-14)13(21)17-11-4-2-3-5-12(11)20-10-16-18-19-20/h2-5,10,15H,6-9H2,1H3,(H,17,21). The molecule has 0 aliphatic carbocycles. The number of rotatable bonds is 3. The van der Waals surface area contributed by atoms with E-state index in [9.17, 15) is 4.79 Å². The van der Waals surface area contributed by atoms with Crippen LogP contribution in [0.1, 0.15) is 19.8 Å². The number of hydrogen-bond acceptors (Lipinski definition) is 5. The second-order valence-electron chi connectivity index (χ2n) is 5.54. The van der Waals surface area contributed by atoms with E-state index in [1.165, 1.54) is 6.33 Å². The van der Waals surface area contributed by atoms with Gasteiger partial charge in [-0.2, -0.15) is 4.68 Å². The topological polar surface area (TPSA) is 84.7 Å². The fourth-order valence-electron chi connectivity index (χ4n) is 2.53. The molecule has 1 aromatic heterocycles. The molecule has 1 aliphatic rings. The number of nitrogens with zero attached hydrogens (tertiary/aromatic N) is 4. The van der Waals surface area contributed by atoms with Gasteiger partial charge in [-0.15, -0.1) is 5.10 Å². The molecular weight excluding hydrogens is 268 g/mol. The lowest BCUT2D eigenvalue weighted by Gasteiger charge is -2.32. The first-order valence-corrected chi connectivity index (χ1v) is 7.04. The number of benzene rings is 1. The summed E-state index contributed by atoms with van der Waals surface area (Å²) >= 11 is 0. The number of hydrogen-bond donors (Lipinski definition) is 2. The molecule has 3 rings (SSSR count). The Morgan fingerprint density at radius 1 is 1.33 bits per heavy atom. The molecule has 0 saturated carbocycles. The van der Waals surface area contributed by atoms with Gasteiger partial charge in [0, 0.05) is 5.41 Å². The van der Waals surface area contributed by atoms with E-state index in [1.54, 1.807) is 4.68 Å². The molecule has 1 fully saturated rings. The Labute approximate surface area is 122 Å². The molecular formula is C14H18N6O. The lowest BCUT2D eigenvalue weighted by molar-refractivity contribution is -0.126. The van der Waals surface area contributed by atoms with Crippen LogP contribution in [0.25, 0.3) is 5.69 Å². The highest BCUT2D eigenvalue weighted by molar-refractivity contribution is 5.96. The molecule has 2 heterocycles. The van der Waals surface area contributed by atoms with E-state index in [-0.39, 0.29) is 11.3 Å². The van der Waals surface area contributed by atoms with E-state index in [0.717, 1.165) is 37.3 Å². The van der Waals surface area contributed by atoms with E-state index in [2.05, 4.69) is 26.2 Å². The van der Waals surface area contributed by atoms with Crippen molar-refractivity contribution >= 4 is 11.6 Å². The van der Waals surface area contributed by atoms with E-state index < -0.39 is 0 Å². The van der Waals surface area contributed by atoms with Crippen LogP contribution in [0.2, 0.25) is 0 Å². The van der Waals surface area contributed by atoms with Crippen LogP contribution in [-0.4, -0.2) is 39.2 Å². The molecule has 110 valence electrons. The summed E-state index contributed by atoms with van der Waals surface area (Å²) in [5.41, 5.74) is 1.14. The third kappa shape index (κ3) is 2.78. The molecule has 0 radical (unpaired) electrons. The number of carbonyl (C=O) groups is 1. The summed E-state index contributed by atoms with van der Waals surface area (Å²) in [6.45, 7) is 3.76. The number of carbonyl (C=O) groups excluding carboxylic acids is 1. The first-order chi connectivity index (χ1) is 10.2. The molecule has 7 nitrogen and oxygen atoms in total. The highest BCUT2D eigenvalue weighted by Crippen LogP contribution is 2.30. The van der Waals surface area contributed by atoms with Crippen LogP contribution in [0.3, 0.4) is 0 Å². The molecule has 1 amide bonds. The zero-order valence-electron chi connectivity index (χ0n) is 11.9. The molecule has 1 saturated heterocycles. The molecule has 0 atom stereocenters. The molecule has 2 aromatic rings. The van der Waals surface area contributed by atoms with Crippen LogP contribution in [0, 0.1) is 5.41 Å². The van der Waals surface area contributed by atoms with Crippen LogP contribution in [0.5, 0.6) is 0 Å². The SMILES string of the molecule is CC1(C(=O)Nc2ccccc2-n2cnnn2)CCNCC1. The number of tetrazole rings is 1. The van der Waals surface area contributed by atoms with Crippen molar-refractivity contribution in [3.8, 4) is 5.69 Å². The smallest absolute Gasteiger partial charge is 0.230 e. The van der Waals surface area contributed by atoms with Crippen LogP contribution >= 0.6 is 0 Å². The van der Waals surface area contributed by atoms with E-state index >= 15 is 0 Å². The Balaban J connectivity index is 1.83. The fourth-order valence-corrected chi connectivity index (χ4v) is 2.53. The second kappa shape index (κ2) is 5.61. The maximum absolute atomic E-state index is 12.6. The molecule has 0 unspecified atom stereocenters. The van der Waals surface area contributed by atoms with Crippen molar-refractivity contribution in [1.82, 2.24) is 25.5 Å². The summed E-state index contributed by atoms with van der Waals surface area (Å²) in [6, 6.07) is 7.50. The van der Waals surface area contributed by atoms with Crippen LogP contribution in [-0.2, 0) is 4.79 Å². The minimum atomic E-state index is -0.334. The van der Waals surface area contributed by atoms with Gasteiger partial charge in [0.15, 0.2) is 0 Å². The zero-order chi connectivity index (χ0) is 14.7. The summed E-state index contributed by atoms with van der Waals surface area (Å²) in [5.74, 6) is 0.0459. The minimum absolute atomic E-state index is 0.0459. The summed E-state index contributed by atoms with van der Waals surface area (Å²) in [4.78, 5) is 12.6. The Morgan fingerprint density at radius 2 is 2.10 bits per heavy atom. The maximum atomic E-state index is 12.6. The quantitative estimate of drug-likeness (QED) is 0.879. The lowest BCUT2D eigenvalue weighted by Crippen LogP contribution is -2.42. The van der Waals surface area contributed by atoms with Gasteiger partial charge in [0.25, 0.3) is 0 Å². The Morgan fingerprint density at radius 3 is 2.81 bits per heavy atom. The molecule has 0 spiro atoms. The summed E-state index contributed by atoms with van der Waals surface area (Å²) in [5, 5.41) is 17.5. The molecule has 1 aliphatic heterocycles. The Kier molecular flexibility index (Phi) is 3.66. The molecule has 7 heteroatoms. The Hall–Kier alpha value is -2.28. The first-order valence-electron chi connectivity index (χ1n) is 7.04. The third-order valence-electron chi connectivity index (χ3n) is 4.00. The van der Waals surface area contributed by atoms with Crippen LogP contribution in [0.15, 0.2) is 30.6 Å². The van der Waals surface area contributed by atoms with Gasteiger partial charge in [0.1, 0.15) is 6.33 Å². The third-order valence-corrected chi connectivity index (χ3v) is 4.00. The minimum Gasteiger partial charge on any atom is -0.324 e. The zero-order valence-corrected chi connectivity index (χ0v) is 11.9. The first kappa shape index (κ1) is 13.7. The summed E-state index contributed by atoms with van der Waals surface area (Å²) in [7, 11) is 0. The molecule has 2 N–H and O–H groups in total. The summed E-state index contributed by atoms with van der Waals surface area (Å²) < 4.78 is 1.54.